The van der Waals surface area contributed by atoms with Gasteiger partial charge in [-0.3, -0.25) is 0 Å². The predicted octanol–water partition coefficient (Wildman–Crippen LogP) is 1.98. The standard InChI is InChI=1S/C11H15F2NO/c1-6(2)11(15)10(14)8-5-7(12)3-4-9(8)13/h3-6,10-11,15H,14H2,1-2H3/t10-,11+/m1/s1. The summed E-state index contributed by atoms with van der Waals surface area (Å²) in [6, 6.07) is 2.15. The second-order valence-corrected chi connectivity index (χ2v) is 3.93. The summed E-state index contributed by atoms with van der Waals surface area (Å²) in [7, 11) is 0. The zero-order chi connectivity index (χ0) is 11.6. The lowest BCUT2D eigenvalue weighted by Crippen LogP contribution is -2.31. The summed E-state index contributed by atoms with van der Waals surface area (Å²) in [5.74, 6) is -1.26. The quantitative estimate of drug-likeness (QED) is 0.809. The Kier molecular flexibility index (Phi) is 3.77. The molecule has 0 aliphatic carbocycles. The number of hydrogen-bond donors (Lipinski definition) is 2. The number of hydrogen-bond acceptors (Lipinski definition) is 2. The molecule has 1 rings (SSSR count). The van der Waals surface area contributed by atoms with E-state index in [1.165, 1.54) is 0 Å². The molecule has 2 atom stereocenters. The van der Waals surface area contributed by atoms with Gasteiger partial charge in [-0.15, -0.1) is 0 Å². The van der Waals surface area contributed by atoms with E-state index in [0.717, 1.165) is 18.2 Å². The molecule has 0 aliphatic heterocycles. The minimum absolute atomic E-state index is 0.0104. The van der Waals surface area contributed by atoms with Crippen molar-refractivity contribution >= 4 is 0 Å². The second kappa shape index (κ2) is 4.68. The molecule has 3 N–H and O–H groups in total. The first-order chi connectivity index (χ1) is 6.93. The molecule has 0 amide bonds. The number of aliphatic hydroxyl groups is 1. The van der Waals surface area contributed by atoms with Crippen LogP contribution in [0.2, 0.25) is 0 Å². The lowest BCUT2D eigenvalue weighted by molar-refractivity contribution is 0.0965. The first-order valence-corrected chi connectivity index (χ1v) is 4.82. The summed E-state index contributed by atoms with van der Waals surface area (Å²) in [4.78, 5) is 0. The van der Waals surface area contributed by atoms with Crippen LogP contribution < -0.4 is 5.73 Å². The zero-order valence-corrected chi connectivity index (χ0v) is 8.74. The third-order valence-electron chi connectivity index (χ3n) is 2.37. The molecule has 0 aromatic heterocycles. The molecule has 4 heteroatoms. The van der Waals surface area contributed by atoms with Gasteiger partial charge in [-0.1, -0.05) is 13.8 Å². The van der Waals surface area contributed by atoms with E-state index >= 15 is 0 Å². The molecule has 1 aromatic rings. The van der Waals surface area contributed by atoms with Crippen molar-refractivity contribution in [3.63, 3.8) is 0 Å². The number of rotatable bonds is 3. The molecule has 0 heterocycles. The lowest BCUT2D eigenvalue weighted by Gasteiger charge is -2.22. The van der Waals surface area contributed by atoms with Gasteiger partial charge in [-0.05, 0) is 24.1 Å². The van der Waals surface area contributed by atoms with Crippen molar-refractivity contribution in [2.75, 3.05) is 0 Å². The van der Waals surface area contributed by atoms with E-state index in [9.17, 15) is 13.9 Å². The highest BCUT2D eigenvalue weighted by atomic mass is 19.1. The van der Waals surface area contributed by atoms with Crippen molar-refractivity contribution in [1.82, 2.24) is 0 Å². The lowest BCUT2D eigenvalue weighted by atomic mass is 9.94. The van der Waals surface area contributed by atoms with E-state index < -0.39 is 23.8 Å². The fraction of sp³-hybridized carbons (Fsp3) is 0.455. The van der Waals surface area contributed by atoms with Crippen LogP contribution in [0.15, 0.2) is 18.2 Å². The molecule has 0 fully saturated rings. The number of nitrogens with two attached hydrogens (primary N) is 1. The molecule has 84 valence electrons. The first-order valence-electron chi connectivity index (χ1n) is 4.82. The van der Waals surface area contributed by atoms with Gasteiger partial charge in [-0.2, -0.15) is 0 Å². The molecule has 0 saturated carbocycles. The molecule has 2 nitrogen and oxygen atoms in total. The maximum absolute atomic E-state index is 13.3. The fourth-order valence-corrected chi connectivity index (χ4v) is 1.37. The minimum atomic E-state index is -0.902. The largest absolute Gasteiger partial charge is 0.391 e. The molecule has 0 spiro atoms. The highest BCUT2D eigenvalue weighted by molar-refractivity contribution is 5.23. The average molecular weight is 215 g/mol. The summed E-state index contributed by atoms with van der Waals surface area (Å²) < 4.78 is 26.2. The number of halogens is 2. The molecule has 0 aliphatic rings. The van der Waals surface area contributed by atoms with E-state index in [-0.39, 0.29) is 11.5 Å². The minimum Gasteiger partial charge on any atom is -0.391 e. The topological polar surface area (TPSA) is 46.2 Å². The Bertz CT molecular complexity index is 341. The summed E-state index contributed by atoms with van der Waals surface area (Å²) in [6.45, 7) is 3.53. The van der Waals surface area contributed by atoms with Crippen LogP contribution in [0.1, 0.15) is 25.5 Å². The molecule has 0 unspecified atom stereocenters. The monoisotopic (exact) mass is 215 g/mol. The van der Waals surface area contributed by atoms with Gasteiger partial charge in [0.05, 0.1) is 12.1 Å². The van der Waals surface area contributed by atoms with Crippen molar-refractivity contribution in [3.8, 4) is 0 Å². The highest BCUT2D eigenvalue weighted by Gasteiger charge is 2.23. The zero-order valence-electron chi connectivity index (χ0n) is 8.74. The van der Waals surface area contributed by atoms with Crippen LogP contribution >= 0.6 is 0 Å². The van der Waals surface area contributed by atoms with E-state index in [4.69, 9.17) is 5.73 Å². The van der Waals surface area contributed by atoms with E-state index in [1.807, 2.05) is 0 Å². The first kappa shape index (κ1) is 12.1. The van der Waals surface area contributed by atoms with Gasteiger partial charge in [0.15, 0.2) is 0 Å². The molecule has 0 bridgehead atoms. The summed E-state index contributed by atoms with van der Waals surface area (Å²) in [5.41, 5.74) is 5.66. The van der Waals surface area contributed by atoms with E-state index in [0.29, 0.717) is 0 Å². The van der Waals surface area contributed by atoms with Gasteiger partial charge < -0.3 is 10.8 Å². The maximum atomic E-state index is 13.3. The van der Waals surface area contributed by atoms with Crippen LogP contribution in [0.4, 0.5) is 8.78 Å². The van der Waals surface area contributed by atoms with Crippen LogP contribution in [0.3, 0.4) is 0 Å². The van der Waals surface area contributed by atoms with Crippen LogP contribution in [0.5, 0.6) is 0 Å². The van der Waals surface area contributed by atoms with Crippen LogP contribution in [0.25, 0.3) is 0 Å². The molecular weight excluding hydrogens is 200 g/mol. The van der Waals surface area contributed by atoms with Gasteiger partial charge in [0, 0.05) is 5.56 Å². The summed E-state index contributed by atoms with van der Waals surface area (Å²) in [6.07, 6.45) is -0.888. The molecule has 1 aromatic carbocycles. The third-order valence-corrected chi connectivity index (χ3v) is 2.37. The molecule has 0 radical (unpaired) electrons. The van der Waals surface area contributed by atoms with Crippen LogP contribution in [-0.4, -0.2) is 11.2 Å². The Balaban J connectivity index is 2.99. The Hall–Kier alpha value is -1.00. The predicted molar refractivity (Wildman–Crippen MR) is 54.1 cm³/mol. The maximum Gasteiger partial charge on any atom is 0.128 e. The Morgan fingerprint density at radius 1 is 1.27 bits per heavy atom. The average Bonchev–Trinajstić information content (AvgIpc) is 2.19. The number of benzene rings is 1. The summed E-state index contributed by atoms with van der Waals surface area (Å²) >= 11 is 0. The molecule has 15 heavy (non-hydrogen) atoms. The van der Waals surface area contributed by atoms with Gasteiger partial charge in [0.1, 0.15) is 11.6 Å². The van der Waals surface area contributed by atoms with E-state index in [1.54, 1.807) is 13.8 Å². The normalized spacial score (nSPS) is 15.4. The van der Waals surface area contributed by atoms with Gasteiger partial charge in [-0.25, -0.2) is 8.78 Å². The van der Waals surface area contributed by atoms with E-state index in [2.05, 4.69) is 0 Å². The molecule has 0 saturated heterocycles. The highest BCUT2D eigenvalue weighted by Crippen LogP contribution is 2.22. The van der Waals surface area contributed by atoms with Crippen LogP contribution in [0, 0.1) is 17.6 Å². The van der Waals surface area contributed by atoms with Crippen LogP contribution in [-0.2, 0) is 0 Å². The smallest absolute Gasteiger partial charge is 0.128 e. The van der Waals surface area contributed by atoms with Crippen molar-refractivity contribution in [2.24, 2.45) is 11.7 Å². The SMILES string of the molecule is CC(C)[C@H](O)[C@H](N)c1cc(F)ccc1F. The van der Waals surface area contributed by atoms with Crippen molar-refractivity contribution in [1.29, 1.82) is 0 Å². The van der Waals surface area contributed by atoms with Gasteiger partial charge in [0.25, 0.3) is 0 Å². The Morgan fingerprint density at radius 3 is 2.40 bits per heavy atom. The fourth-order valence-electron chi connectivity index (χ4n) is 1.37. The van der Waals surface area contributed by atoms with Gasteiger partial charge in [0.2, 0.25) is 0 Å². The summed E-state index contributed by atoms with van der Waals surface area (Å²) in [5, 5.41) is 9.65. The van der Waals surface area contributed by atoms with Gasteiger partial charge >= 0.3 is 0 Å². The van der Waals surface area contributed by atoms with Crippen molar-refractivity contribution < 1.29 is 13.9 Å². The Morgan fingerprint density at radius 2 is 1.87 bits per heavy atom. The third kappa shape index (κ3) is 2.73. The van der Waals surface area contributed by atoms with Crippen molar-refractivity contribution in [3.05, 3.63) is 35.4 Å². The van der Waals surface area contributed by atoms with Crippen molar-refractivity contribution in [2.45, 2.75) is 26.0 Å². The molecular formula is C11H15F2NO. The number of aliphatic hydroxyl groups excluding tert-OH is 1. The second-order valence-electron chi connectivity index (χ2n) is 3.93. The Labute approximate surface area is 87.7 Å².